The maximum atomic E-state index is 13.5. The number of halogens is 1. The zero-order valence-corrected chi connectivity index (χ0v) is 20.4. The van der Waals surface area contributed by atoms with Gasteiger partial charge in [-0.3, -0.25) is 9.10 Å². The predicted molar refractivity (Wildman–Crippen MR) is 131 cm³/mol. The highest BCUT2D eigenvalue weighted by molar-refractivity contribution is 7.92. The van der Waals surface area contributed by atoms with E-state index in [1.54, 1.807) is 36.4 Å². The Labute approximate surface area is 200 Å². The van der Waals surface area contributed by atoms with Crippen LogP contribution in [0, 0.1) is 6.92 Å². The molecule has 1 amide bonds. The lowest BCUT2D eigenvalue weighted by atomic mass is 10.1. The quantitative estimate of drug-likeness (QED) is 0.455. The van der Waals surface area contributed by atoms with Gasteiger partial charge in [0.2, 0.25) is 5.91 Å². The van der Waals surface area contributed by atoms with Crippen molar-refractivity contribution in [3.63, 3.8) is 0 Å². The maximum Gasteiger partial charge on any atom is 0.264 e. The number of sulfonamides is 1. The number of carbonyl (C=O) groups excluding carboxylic acids is 1. The zero-order valence-electron chi connectivity index (χ0n) is 18.8. The van der Waals surface area contributed by atoms with E-state index in [2.05, 4.69) is 5.32 Å². The second-order valence-corrected chi connectivity index (χ2v) is 9.84. The summed E-state index contributed by atoms with van der Waals surface area (Å²) in [5.74, 6) is 0.292. The summed E-state index contributed by atoms with van der Waals surface area (Å²) in [5, 5.41) is 3.11. The van der Waals surface area contributed by atoms with Crippen LogP contribution in [-0.4, -0.2) is 27.5 Å². The van der Waals surface area contributed by atoms with Gasteiger partial charge in [-0.25, -0.2) is 8.42 Å². The Morgan fingerprint density at radius 2 is 1.67 bits per heavy atom. The molecule has 0 heterocycles. The van der Waals surface area contributed by atoms with E-state index in [1.165, 1.54) is 12.1 Å². The standard InChI is InChI=1S/C25H27ClN2O4S/c1-4-32-21-13-11-20(12-14-21)19(3)27-25(29)17-28(24-8-6-5-7-23(24)26)33(30,31)22-15-9-18(2)10-16-22/h5-16,19H,4,17H2,1-3H3,(H,27,29)/t19-/m0/s1. The highest BCUT2D eigenvalue weighted by Crippen LogP contribution is 2.30. The van der Waals surface area contributed by atoms with Gasteiger partial charge in [0.1, 0.15) is 12.3 Å². The van der Waals surface area contributed by atoms with Crippen molar-refractivity contribution in [1.29, 1.82) is 0 Å². The lowest BCUT2D eigenvalue weighted by Crippen LogP contribution is -2.41. The molecule has 0 aliphatic rings. The third-order valence-corrected chi connectivity index (χ3v) is 7.18. The Morgan fingerprint density at radius 3 is 2.27 bits per heavy atom. The van der Waals surface area contributed by atoms with Crippen LogP contribution in [0.3, 0.4) is 0 Å². The molecule has 174 valence electrons. The molecule has 0 saturated heterocycles. The van der Waals surface area contributed by atoms with E-state index in [1.807, 2.05) is 45.0 Å². The van der Waals surface area contributed by atoms with Gasteiger partial charge >= 0.3 is 0 Å². The Balaban J connectivity index is 1.85. The molecule has 3 aromatic carbocycles. The smallest absolute Gasteiger partial charge is 0.264 e. The molecule has 3 rings (SSSR count). The van der Waals surface area contributed by atoms with Crippen molar-refractivity contribution in [3.8, 4) is 5.75 Å². The highest BCUT2D eigenvalue weighted by Gasteiger charge is 2.29. The number of rotatable bonds is 9. The summed E-state index contributed by atoms with van der Waals surface area (Å²) in [6.07, 6.45) is 0. The fourth-order valence-electron chi connectivity index (χ4n) is 3.31. The number of carbonyl (C=O) groups is 1. The molecule has 0 bridgehead atoms. The van der Waals surface area contributed by atoms with Crippen molar-refractivity contribution < 1.29 is 17.9 Å². The molecule has 33 heavy (non-hydrogen) atoms. The van der Waals surface area contributed by atoms with Gasteiger partial charge in [-0.2, -0.15) is 0 Å². The predicted octanol–water partition coefficient (Wildman–Crippen LogP) is 5.12. The minimum Gasteiger partial charge on any atom is -0.494 e. The number of benzene rings is 3. The first-order valence-corrected chi connectivity index (χ1v) is 12.4. The second-order valence-electron chi connectivity index (χ2n) is 7.57. The molecule has 0 fully saturated rings. The van der Waals surface area contributed by atoms with Crippen LogP contribution < -0.4 is 14.4 Å². The first-order chi connectivity index (χ1) is 15.7. The third-order valence-electron chi connectivity index (χ3n) is 5.09. The Morgan fingerprint density at radius 1 is 1.03 bits per heavy atom. The van der Waals surface area contributed by atoms with Crippen LogP contribution >= 0.6 is 11.6 Å². The summed E-state index contributed by atoms with van der Waals surface area (Å²) in [5.41, 5.74) is 2.04. The number of anilines is 1. The van der Waals surface area contributed by atoms with Gasteiger partial charge in [-0.15, -0.1) is 0 Å². The van der Waals surface area contributed by atoms with Gasteiger partial charge < -0.3 is 10.1 Å². The van der Waals surface area contributed by atoms with Gasteiger partial charge in [-0.1, -0.05) is 53.6 Å². The van der Waals surface area contributed by atoms with Crippen LogP contribution in [0.25, 0.3) is 0 Å². The van der Waals surface area contributed by atoms with Crippen LogP contribution in [0.5, 0.6) is 5.75 Å². The number of nitrogens with zero attached hydrogens (tertiary/aromatic N) is 1. The molecule has 3 aromatic rings. The topological polar surface area (TPSA) is 75.7 Å². The monoisotopic (exact) mass is 486 g/mol. The van der Waals surface area contributed by atoms with Crippen molar-refractivity contribution in [2.24, 2.45) is 0 Å². The molecule has 0 spiro atoms. The number of nitrogens with one attached hydrogen (secondary N) is 1. The fraction of sp³-hybridized carbons (Fsp3) is 0.240. The summed E-state index contributed by atoms with van der Waals surface area (Å²) >= 11 is 6.31. The van der Waals surface area contributed by atoms with Gasteiger partial charge in [0.05, 0.1) is 28.3 Å². The third kappa shape index (κ3) is 6.06. The SMILES string of the molecule is CCOc1ccc([C@H](C)NC(=O)CN(c2ccccc2Cl)S(=O)(=O)c2ccc(C)cc2)cc1. The molecule has 0 radical (unpaired) electrons. The molecule has 0 aromatic heterocycles. The number of hydrogen-bond donors (Lipinski definition) is 1. The van der Waals surface area contributed by atoms with Gasteiger partial charge in [0, 0.05) is 0 Å². The van der Waals surface area contributed by atoms with Crippen molar-refractivity contribution in [2.45, 2.75) is 31.7 Å². The maximum absolute atomic E-state index is 13.5. The number of aryl methyl sites for hydroxylation is 1. The first-order valence-electron chi connectivity index (χ1n) is 10.6. The molecule has 0 aliphatic carbocycles. The lowest BCUT2D eigenvalue weighted by Gasteiger charge is -2.26. The normalized spacial score (nSPS) is 12.1. The van der Waals surface area contributed by atoms with Crippen LogP contribution in [0.15, 0.2) is 77.7 Å². The Bertz CT molecular complexity index is 1200. The first kappa shape index (κ1) is 24.6. The van der Waals surface area contributed by atoms with Gasteiger partial charge in [-0.05, 0) is 62.7 Å². The number of hydrogen-bond acceptors (Lipinski definition) is 4. The van der Waals surface area contributed by atoms with Gasteiger partial charge in [0.15, 0.2) is 0 Å². The molecule has 0 saturated carbocycles. The summed E-state index contributed by atoms with van der Waals surface area (Å²) in [6, 6.07) is 20.1. The average molecular weight is 487 g/mol. The van der Waals surface area contributed by atoms with E-state index >= 15 is 0 Å². The van der Waals surface area contributed by atoms with E-state index in [0.717, 1.165) is 21.2 Å². The molecular formula is C25H27ClN2O4S. The van der Waals surface area contributed by atoms with E-state index in [4.69, 9.17) is 16.3 Å². The van der Waals surface area contributed by atoms with Crippen molar-refractivity contribution >= 4 is 33.2 Å². The van der Waals surface area contributed by atoms with E-state index < -0.39 is 22.5 Å². The number of para-hydroxylation sites is 1. The van der Waals surface area contributed by atoms with E-state index in [-0.39, 0.29) is 21.6 Å². The zero-order chi connectivity index (χ0) is 24.0. The average Bonchev–Trinajstić information content (AvgIpc) is 2.79. The largest absolute Gasteiger partial charge is 0.494 e. The molecule has 1 atom stereocenters. The summed E-state index contributed by atoms with van der Waals surface area (Å²) in [4.78, 5) is 13.0. The van der Waals surface area contributed by atoms with Crippen LogP contribution in [0.1, 0.15) is 31.0 Å². The Kier molecular flexibility index (Phi) is 8.00. The summed E-state index contributed by atoms with van der Waals surface area (Å²) < 4.78 is 33.4. The van der Waals surface area contributed by atoms with Crippen LogP contribution in [0.2, 0.25) is 5.02 Å². The van der Waals surface area contributed by atoms with Crippen LogP contribution in [0.4, 0.5) is 5.69 Å². The van der Waals surface area contributed by atoms with E-state index in [9.17, 15) is 13.2 Å². The number of amides is 1. The van der Waals surface area contributed by atoms with Crippen molar-refractivity contribution in [2.75, 3.05) is 17.5 Å². The molecule has 8 heteroatoms. The lowest BCUT2D eigenvalue weighted by molar-refractivity contribution is -0.120. The minimum absolute atomic E-state index is 0.0837. The Hall–Kier alpha value is -3.03. The van der Waals surface area contributed by atoms with Gasteiger partial charge in [0.25, 0.3) is 10.0 Å². The highest BCUT2D eigenvalue weighted by atomic mass is 35.5. The molecule has 1 N–H and O–H groups in total. The molecule has 0 aliphatic heterocycles. The molecular weight excluding hydrogens is 460 g/mol. The van der Waals surface area contributed by atoms with Crippen LogP contribution in [-0.2, 0) is 14.8 Å². The summed E-state index contributed by atoms with van der Waals surface area (Å²) in [6.45, 7) is 5.77. The minimum atomic E-state index is -4.03. The van der Waals surface area contributed by atoms with E-state index in [0.29, 0.717) is 6.61 Å². The fourth-order valence-corrected chi connectivity index (χ4v) is 5.04. The van der Waals surface area contributed by atoms with Crippen molar-refractivity contribution in [1.82, 2.24) is 5.32 Å². The number of ether oxygens (including phenoxy) is 1. The second kappa shape index (κ2) is 10.7. The summed E-state index contributed by atoms with van der Waals surface area (Å²) in [7, 11) is -4.03. The van der Waals surface area contributed by atoms with Crippen molar-refractivity contribution in [3.05, 3.63) is 88.9 Å². The molecule has 0 unspecified atom stereocenters. The molecule has 6 nitrogen and oxygen atoms in total.